The minimum atomic E-state index is -0.504. The third-order valence-corrected chi connectivity index (χ3v) is 5.00. The Kier molecular flexibility index (Phi) is 7.02. The zero-order valence-corrected chi connectivity index (χ0v) is 15.7. The minimum absolute atomic E-state index is 0.384. The predicted octanol–water partition coefficient (Wildman–Crippen LogP) is 2.62. The topological polar surface area (TPSA) is 105 Å². The van der Waals surface area contributed by atoms with Crippen LogP contribution in [-0.4, -0.2) is 41.0 Å². The monoisotopic (exact) mass is 381 g/mol. The van der Waals surface area contributed by atoms with Crippen LogP contribution >= 0.6 is 23.1 Å². The van der Waals surface area contributed by atoms with E-state index in [-0.39, 0.29) is 5.91 Å². The van der Waals surface area contributed by atoms with Gasteiger partial charge < -0.3 is 15.4 Å². The molecule has 0 fully saturated rings. The summed E-state index contributed by atoms with van der Waals surface area (Å²) in [5, 5.41) is 16.1. The number of carbonyl (C=O) groups excluding carboxylic acids is 2. The molecule has 10 heteroatoms. The first-order valence-corrected chi connectivity index (χ1v) is 9.22. The molecule has 0 radical (unpaired) electrons. The van der Waals surface area contributed by atoms with E-state index in [4.69, 9.17) is 4.74 Å². The molecule has 2 aromatic rings. The number of amides is 3. The maximum Gasteiger partial charge on any atom is 0.321 e. The van der Waals surface area contributed by atoms with Crippen LogP contribution in [0.25, 0.3) is 0 Å². The molecule has 0 spiro atoms. The Morgan fingerprint density at radius 1 is 1.32 bits per heavy atom. The molecular formula is C15H19N5O3S2. The van der Waals surface area contributed by atoms with Crippen LogP contribution in [0, 0.1) is 0 Å². The van der Waals surface area contributed by atoms with Gasteiger partial charge in [0.15, 0.2) is 4.34 Å². The van der Waals surface area contributed by atoms with Gasteiger partial charge in [-0.2, -0.15) is 0 Å². The highest BCUT2D eigenvalue weighted by Crippen LogP contribution is 2.32. The largest absolute Gasteiger partial charge is 0.495 e. The highest BCUT2D eigenvalue weighted by atomic mass is 32.2. The van der Waals surface area contributed by atoms with Crippen molar-refractivity contribution >= 4 is 45.9 Å². The Hall–Kier alpha value is -2.33. The fraction of sp³-hybridized carbons (Fsp3) is 0.333. The number of imide groups is 1. The first-order chi connectivity index (χ1) is 12.0. The van der Waals surface area contributed by atoms with Crippen LogP contribution in [-0.2, 0) is 4.79 Å². The SMILES string of the molecule is CCNC(=O)NC(=O)[C@H](C)Sc1nnc(Nc2ccccc2OC)s1. The van der Waals surface area contributed by atoms with Crippen molar-refractivity contribution in [2.45, 2.75) is 23.4 Å². The highest BCUT2D eigenvalue weighted by Gasteiger charge is 2.19. The zero-order valence-electron chi connectivity index (χ0n) is 14.0. The number of thioether (sulfide) groups is 1. The quantitative estimate of drug-likeness (QED) is 0.633. The van der Waals surface area contributed by atoms with Gasteiger partial charge >= 0.3 is 6.03 Å². The van der Waals surface area contributed by atoms with Gasteiger partial charge in [0.05, 0.1) is 18.0 Å². The summed E-state index contributed by atoms with van der Waals surface area (Å²) >= 11 is 2.55. The van der Waals surface area contributed by atoms with Crippen LogP contribution in [0.1, 0.15) is 13.8 Å². The van der Waals surface area contributed by atoms with Crippen LogP contribution in [0.4, 0.5) is 15.6 Å². The molecule has 2 rings (SSSR count). The smallest absolute Gasteiger partial charge is 0.321 e. The Morgan fingerprint density at radius 2 is 2.08 bits per heavy atom. The van der Waals surface area contributed by atoms with Crippen molar-refractivity contribution in [1.82, 2.24) is 20.8 Å². The standard InChI is InChI=1S/C15H19N5O3S2/c1-4-16-13(22)18-12(21)9(2)24-15-20-19-14(25-15)17-10-7-5-6-8-11(10)23-3/h5-9H,4H2,1-3H3,(H,17,19)(H2,16,18,21,22)/t9-/m0/s1. The minimum Gasteiger partial charge on any atom is -0.495 e. The third-order valence-electron chi connectivity index (χ3n) is 2.98. The molecule has 0 unspecified atom stereocenters. The normalized spacial score (nSPS) is 11.5. The maximum absolute atomic E-state index is 11.9. The second-order valence-electron chi connectivity index (χ2n) is 4.81. The average molecular weight is 381 g/mol. The number of anilines is 2. The molecule has 1 aromatic carbocycles. The molecule has 134 valence electrons. The molecule has 0 saturated heterocycles. The fourth-order valence-electron chi connectivity index (χ4n) is 1.79. The third kappa shape index (κ3) is 5.61. The molecule has 3 N–H and O–H groups in total. The second-order valence-corrected chi connectivity index (χ2v) is 7.37. The Labute approximate surface area is 153 Å². The van der Waals surface area contributed by atoms with Gasteiger partial charge in [-0.05, 0) is 26.0 Å². The van der Waals surface area contributed by atoms with Crippen LogP contribution in [0.3, 0.4) is 0 Å². The van der Waals surface area contributed by atoms with Crippen LogP contribution in [0.2, 0.25) is 0 Å². The number of methoxy groups -OCH3 is 1. The number of para-hydroxylation sites is 2. The van der Waals surface area contributed by atoms with Gasteiger partial charge in [-0.3, -0.25) is 10.1 Å². The van der Waals surface area contributed by atoms with Gasteiger partial charge in [-0.15, -0.1) is 10.2 Å². The summed E-state index contributed by atoms with van der Waals surface area (Å²) in [7, 11) is 1.59. The zero-order chi connectivity index (χ0) is 18.2. The number of carbonyl (C=O) groups is 2. The molecule has 1 aromatic heterocycles. The Balaban J connectivity index is 1.94. The van der Waals surface area contributed by atoms with Gasteiger partial charge in [0, 0.05) is 6.54 Å². The number of hydrogen-bond acceptors (Lipinski definition) is 8. The lowest BCUT2D eigenvalue weighted by Crippen LogP contribution is -2.42. The number of ether oxygens (including phenoxy) is 1. The summed E-state index contributed by atoms with van der Waals surface area (Å²) in [5.74, 6) is 0.312. The number of urea groups is 1. The number of benzene rings is 1. The summed E-state index contributed by atoms with van der Waals surface area (Å²) in [6.45, 7) is 3.93. The summed E-state index contributed by atoms with van der Waals surface area (Å²) in [6.07, 6.45) is 0. The van der Waals surface area contributed by atoms with E-state index >= 15 is 0 Å². The molecule has 0 saturated carbocycles. The first-order valence-electron chi connectivity index (χ1n) is 7.52. The maximum atomic E-state index is 11.9. The molecular weight excluding hydrogens is 362 g/mol. The first kappa shape index (κ1) is 19.0. The lowest BCUT2D eigenvalue weighted by Gasteiger charge is -2.09. The Morgan fingerprint density at radius 3 is 2.80 bits per heavy atom. The van der Waals surface area contributed by atoms with Gasteiger partial charge in [0.1, 0.15) is 5.75 Å². The molecule has 8 nitrogen and oxygen atoms in total. The molecule has 25 heavy (non-hydrogen) atoms. The average Bonchev–Trinajstić information content (AvgIpc) is 3.02. The van der Waals surface area contributed by atoms with E-state index in [1.54, 1.807) is 21.0 Å². The van der Waals surface area contributed by atoms with E-state index in [1.165, 1.54) is 23.1 Å². The van der Waals surface area contributed by atoms with Crippen molar-refractivity contribution in [1.29, 1.82) is 0 Å². The van der Waals surface area contributed by atoms with Crippen molar-refractivity contribution in [2.75, 3.05) is 19.0 Å². The van der Waals surface area contributed by atoms with Crippen molar-refractivity contribution in [3.8, 4) is 5.75 Å². The van der Waals surface area contributed by atoms with Gasteiger partial charge in [0.25, 0.3) is 0 Å². The second kappa shape index (κ2) is 9.23. The predicted molar refractivity (Wildman–Crippen MR) is 98.7 cm³/mol. The molecule has 3 amide bonds. The molecule has 0 aliphatic heterocycles. The van der Waals surface area contributed by atoms with Crippen molar-refractivity contribution in [2.24, 2.45) is 0 Å². The molecule has 0 aliphatic rings. The van der Waals surface area contributed by atoms with E-state index in [9.17, 15) is 9.59 Å². The number of aromatic nitrogens is 2. The lowest BCUT2D eigenvalue weighted by atomic mass is 10.3. The van der Waals surface area contributed by atoms with Crippen molar-refractivity contribution in [3.63, 3.8) is 0 Å². The van der Waals surface area contributed by atoms with Gasteiger partial charge in [-0.1, -0.05) is 35.2 Å². The van der Waals surface area contributed by atoms with Crippen LogP contribution < -0.4 is 20.7 Å². The summed E-state index contributed by atoms with van der Waals surface area (Å²) in [4.78, 5) is 23.3. The number of nitrogens with zero attached hydrogens (tertiary/aromatic N) is 2. The molecule has 0 aliphatic carbocycles. The van der Waals surface area contributed by atoms with Gasteiger partial charge in [0.2, 0.25) is 11.0 Å². The van der Waals surface area contributed by atoms with E-state index in [0.29, 0.717) is 21.8 Å². The van der Waals surface area contributed by atoms with E-state index < -0.39 is 11.3 Å². The molecule has 1 atom stereocenters. The number of hydrogen-bond donors (Lipinski definition) is 3. The Bertz CT molecular complexity index is 737. The van der Waals surface area contributed by atoms with E-state index in [2.05, 4.69) is 26.1 Å². The highest BCUT2D eigenvalue weighted by molar-refractivity contribution is 8.02. The van der Waals surface area contributed by atoms with Crippen molar-refractivity contribution in [3.05, 3.63) is 24.3 Å². The fourth-order valence-corrected chi connectivity index (χ4v) is 3.70. The van der Waals surface area contributed by atoms with E-state index in [1.807, 2.05) is 24.3 Å². The summed E-state index contributed by atoms with van der Waals surface area (Å²) in [6, 6.07) is 6.97. The number of rotatable bonds is 7. The van der Waals surface area contributed by atoms with Crippen LogP contribution in [0.5, 0.6) is 5.75 Å². The van der Waals surface area contributed by atoms with Gasteiger partial charge in [-0.25, -0.2) is 4.79 Å². The molecule has 1 heterocycles. The van der Waals surface area contributed by atoms with E-state index in [0.717, 1.165) is 5.69 Å². The summed E-state index contributed by atoms with van der Waals surface area (Å²) < 4.78 is 5.90. The van der Waals surface area contributed by atoms with Crippen molar-refractivity contribution < 1.29 is 14.3 Å². The number of nitrogens with one attached hydrogen (secondary N) is 3. The summed E-state index contributed by atoms with van der Waals surface area (Å²) in [5.41, 5.74) is 0.778. The lowest BCUT2D eigenvalue weighted by molar-refractivity contribution is -0.119. The molecule has 0 bridgehead atoms. The van der Waals surface area contributed by atoms with Crippen LogP contribution in [0.15, 0.2) is 28.6 Å².